The molecular formula is C9H13NOS. The minimum Gasteiger partial charge on any atom is -0.292 e. The van der Waals surface area contributed by atoms with Crippen LogP contribution in [0.5, 0.6) is 0 Å². The van der Waals surface area contributed by atoms with Crippen LogP contribution in [0.25, 0.3) is 0 Å². The molecule has 0 bridgehead atoms. The molecule has 1 heterocycles. The second-order valence-electron chi connectivity index (χ2n) is 3.01. The zero-order valence-corrected chi connectivity index (χ0v) is 8.23. The van der Waals surface area contributed by atoms with Gasteiger partial charge in [0.15, 0.2) is 5.78 Å². The van der Waals surface area contributed by atoms with Gasteiger partial charge in [-0.25, -0.2) is 4.98 Å². The number of thiazole rings is 1. The fourth-order valence-electron chi connectivity index (χ4n) is 0.916. The maximum Gasteiger partial charge on any atom is 0.182 e. The van der Waals surface area contributed by atoms with E-state index in [4.69, 9.17) is 0 Å². The Labute approximate surface area is 76.6 Å². The Morgan fingerprint density at radius 2 is 2.50 bits per heavy atom. The molecule has 12 heavy (non-hydrogen) atoms. The molecule has 0 saturated carbocycles. The number of hydrogen-bond donors (Lipinski definition) is 0. The van der Waals surface area contributed by atoms with Crippen LogP contribution in [0.2, 0.25) is 0 Å². The van der Waals surface area contributed by atoms with Crippen LogP contribution in [0.1, 0.15) is 37.2 Å². The molecule has 0 fully saturated rings. The Bertz CT molecular complexity index is 243. The van der Waals surface area contributed by atoms with Gasteiger partial charge < -0.3 is 0 Å². The molecule has 0 aliphatic carbocycles. The van der Waals surface area contributed by atoms with Crippen LogP contribution in [0.4, 0.5) is 0 Å². The van der Waals surface area contributed by atoms with Crippen molar-refractivity contribution in [1.82, 2.24) is 4.98 Å². The third-order valence-electron chi connectivity index (χ3n) is 1.95. The standard InChI is InChI=1S/C9H13NOS/c1-3-7(2)4-9(11)8-5-12-6-10-8/h5-7H,3-4H2,1-2H3. The van der Waals surface area contributed by atoms with Crippen LogP contribution in [0.3, 0.4) is 0 Å². The highest BCUT2D eigenvalue weighted by atomic mass is 32.1. The molecule has 1 rings (SSSR count). The summed E-state index contributed by atoms with van der Waals surface area (Å²) in [6, 6.07) is 0. The van der Waals surface area contributed by atoms with Gasteiger partial charge in [-0.1, -0.05) is 20.3 Å². The molecule has 0 amide bonds. The molecule has 1 aromatic rings. The largest absolute Gasteiger partial charge is 0.292 e. The molecule has 0 spiro atoms. The summed E-state index contributed by atoms with van der Waals surface area (Å²) in [4.78, 5) is 15.4. The van der Waals surface area contributed by atoms with Crippen molar-refractivity contribution in [3.63, 3.8) is 0 Å². The highest BCUT2D eigenvalue weighted by molar-refractivity contribution is 7.07. The molecule has 66 valence electrons. The molecule has 0 saturated heterocycles. The number of carbonyl (C=O) groups excluding carboxylic acids is 1. The first-order valence-corrected chi connectivity index (χ1v) is 5.09. The molecule has 0 aliphatic rings. The van der Waals surface area contributed by atoms with Crippen molar-refractivity contribution in [2.75, 3.05) is 0 Å². The molecule has 1 unspecified atom stereocenters. The van der Waals surface area contributed by atoms with Crippen molar-refractivity contribution in [1.29, 1.82) is 0 Å². The fraction of sp³-hybridized carbons (Fsp3) is 0.556. The first-order chi connectivity index (χ1) is 5.74. The van der Waals surface area contributed by atoms with Gasteiger partial charge >= 0.3 is 0 Å². The quantitative estimate of drug-likeness (QED) is 0.672. The van der Waals surface area contributed by atoms with Gasteiger partial charge in [-0.15, -0.1) is 11.3 Å². The zero-order valence-electron chi connectivity index (χ0n) is 7.41. The number of hydrogen-bond acceptors (Lipinski definition) is 3. The summed E-state index contributed by atoms with van der Waals surface area (Å²) in [5.74, 6) is 0.643. The molecule has 1 aromatic heterocycles. The second-order valence-corrected chi connectivity index (χ2v) is 3.73. The number of ketones is 1. The normalized spacial score (nSPS) is 12.8. The second kappa shape index (κ2) is 4.36. The minimum absolute atomic E-state index is 0.172. The van der Waals surface area contributed by atoms with Gasteiger partial charge in [-0.3, -0.25) is 4.79 Å². The maximum absolute atomic E-state index is 11.4. The number of rotatable bonds is 4. The van der Waals surface area contributed by atoms with Gasteiger partial charge in [-0.05, 0) is 5.92 Å². The summed E-state index contributed by atoms with van der Waals surface area (Å²) in [6.45, 7) is 4.18. The Morgan fingerprint density at radius 3 is 3.00 bits per heavy atom. The maximum atomic E-state index is 11.4. The smallest absolute Gasteiger partial charge is 0.182 e. The van der Waals surface area contributed by atoms with Crippen molar-refractivity contribution in [2.45, 2.75) is 26.7 Å². The van der Waals surface area contributed by atoms with E-state index in [-0.39, 0.29) is 5.78 Å². The number of Topliss-reactive ketones (excluding diaryl/α,β-unsaturated/α-hetero) is 1. The predicted molar refractivity (Wildman–Crippen MR) is 50.5 cm³/mol. The SMILES string of the molecule is CCC(C)CC(=O)c1cscn1. The molecule has 0 radical (unpaired) electrons. The highest BCUT2D eigenvalue weighted by Crippen LogP contribution is 2.12. The summed E-state index contributed by atoms with van der Waals surface area (Å²) in [7, 11) is 0. The third kappa shape index (κ3) is 2.41. The van der Waals surface area contributed by atoms with Crippen LogP contribution in [0, 0.1) is 5.92 Å². The number of aromatic nitrogens is 1. The summed E-state index contributed by atoms with van der Waals surface area (Å²) >= 11 is 1.47. The van der Waals surface area contributed by atoms with Gasteiger partial charge in [0.2, 0.25) is 0 Å². The first kappa shape index (κ1) is 9.39. The van der Waals surface area contributed by atoms with Crippen molar-refractivity contribution in [3.05, 3.63) is 16.6 Å². The van der Waals surface area contributed by atoms with Crippen LogP contribution in [-0.4, -0.2) is 10.8 Å². The van der Waals surface area contributed by atoms with E-state index in [0.717, 1.165) is 6.42 Å². The Morgan fingerprint density at radius 1 is 1.75 bits per heavy atom. The molecule has 0 aliphatic heterocycles. The predicted octanol–water partition coefficient (Wildman–Crippen LogP) is 2.76. The molecular weight excluding hydrogens is 170 g/mol. The van der Waals surface area contributed by atoms with Gasteiger partial charge in [0.25, 0.3) is 0 Å². The Kier molecular flexibility index (Phi) is 3.41. The fourth-order valence-corrected chi connectivity index (χ4v) is 1.47. The van der Waals surface area contributed by atoms with E-state index >= 15 is 0 Å². The molecule has 0 N–H and O–H groups in total. The molecule has 0 aromatic carbocycles. The van der Waals surface area contributed by atoms with Gasteiger partial charge in [0, 0.05) is 11.8 Å². The molecule has 1 atom stereocenters. The summed E-state index contributed by atoms with van der Waals surface area (Å²) in [5.41, 5.74) is 2.32. The van der Waals surface area contributed by atoms with E-state index in [9.17, 15) is 4.79 Å². The third-order valence-corrected chi connectivity index (χ3v) is 2.54. The average molecular weight is 183 g/mol. The lowest BCUT2D eigenvalue weighted by Gasteiger charge is -2.04. The van der Waals surface area contributed by atoms with E-state index in [2.05, 4.69) is 18.8 Å². The van der Waals surface area contributed by atoms with Gasteiger partial charge in [-0.2, -0.15) is 0 Å². The van der Waals surface area contributed by atoms with Gasteiger partial charge in [0.1, 0.15) is 5.69 Å². The topological polar surface area (TPSA) is 30.0 Å². The van der Waals surface area contributed by atoms with E-state index in [1.54, 1.807) is 5.51 Å². The molecule has 2 nitrogen and oxygen atoms in total. The highest BCUT2D eigenvalue weighted by Gasteiger charge is 2.10. The summed E-state index contributed by atoms with van der Waals surface area (Å²) < 4.78 is 0. The van der Waals surface area contributed by atoms with Crippen molar-refractivity contribution in [2.24, 2.45) is 5.92 Å². The van der Waals surface area contributed by atoms with E-state index < -0.39 is 0 Å². The minimum atomic E-state index is 0.172. The van der Waals surface area contributed by atoms with Crippen LogP contribution >= 0.6 is 11.3 Å². The number of carbonyl (C=O) groups is 1. The lowest BCUT2D eigenvalue weighted by atomic mass is 10.0. The summed E-state index contributed by atoms with van der Waals surface area (Å²) in [6.07, 6.45) is 1.68. The Balaban J connectivity index is 2.50. The zero-order chi connectivity index (χ0) is 8.97. The summed E-state index contributed by atoms with van der Waals surface area (Å²) in [5, 5.41) is 1.81. The monoisotopic (exact) mass is 183 g/mol. The van der Waals surface area contributed by atoms with Crippen LogP contribution in [0.15, 0.2) is 10.9 Å². The van der Waals surface area contributed by atoms with E-state index in [0.29, 0.717) is 18.0 Å². The van der Waals surface area contributed by atoms with Crippen LogP contribution in [-0.2, 0) is 0 Å². The van der Waals surface area contributed by atoms with Gasteiger partial charge in [0.05, 0.1) is 5.51 Å². The van der Waals surface area contributed by atoms with Crippen molar-refractivity contribution >= 4 is 17.1 Å². The first-order valence-electron chi connectivity index (χ1n) is 4.15. The lowest BCUT2D eigenvalue weighted by molar-refractivity contribution is 0.0959. The Hall–Kier alpha value is -0.700. The van der Waals surface area contributed by atoms with E-state index in [1.807, 2.05) is 5.38 Å². The van der Waals surface area contributed by atoms with Crippen molar-refractivity contribution < 1.29 is 4.79 Å². The molecule has 3 heteroatoms. The number of nitrogens with zero attached hydrogens (tertiary/aromatic N) is 1. The van der Waals surface area contributed by atoms with E-state index in [1.165, 1.54) is 11.3 Å². The lowest BCUT2D eigenvalue weighted by Crippen LogP contribution is -2.05. The van der Waals surface area contributed by atoms with Crippen LogP contribution < -0.4 is 0 Å². The van der Waals surface area contributed by atoms with Crippen molar-refractivity contribution in [3.8, 4) is 0 Å². The average Bonchev–Trinajstić information content (AvgIpc) is 2.56.